The highest BCUT2D eigenvalue weighted by molar-refractivity contribution is 6.32. The summed E-state index contributed by atoms with van der Waals surface area (Å²) >= 11 is 5.93. The van der Waals surface area contributed by atoms with Gasteiger partial charge in [-0.3, -0.25) is 0 Å². The third-order valence-corrected chi connectivity index (χ3v) is 2.43. The van der Waals surface area contributed by atoms with E-state index in [0.29, 0.717) is 28.2 Å². The second-order valence-electron chi connectivity index (χ2n) is 3.20. The zero-order chi connectivity index (χ0) is 12.3. The van der Waals surface area contributed by atoms with Gasteiger partial charge in [0.05, 0.1) is 5.69 Å². The first-order valence-corrected chi connectivity index (χ1v) is 5.26. The van der Waals surface area contributed by atoms with E-state index in [9.17, 15) is 0 Å². The maximum Gasteiger partial charge on any atom is 0.159 e. The van der Waals surface area contributed by atoms with Gasteiger partial charge in [-0.25, -0.2) is 15.0 Å². The SMILES string of the molecule is CNc1ncnc(Nc2cccnc2Cl)c1N. The lowest BCUT2D eigenvalue weighted by atomic mass is 10.4. The number of hydrogen-bond donors (Lipinski definition) is 3. The van der Waals surface area contributed by atoms with Gasteiger partial charge in [0.15, 0.2) is 16.8 Å². The molecule has 17 heavy (non-hydrogen) atoms. The Hall–Kier alpha value is -2.08. The van der Waals surface area contributed by atoms with Crippen molar-refractivity contribution in [3.05, 3.63) is 29.8 Å². The van der Waals surface area contributed by atoms with Gasteiger partial charge in [0, 0.05) is 13.2 Å². The van der Waals surface area contributed by atoms with Gasteiger partial charge in [0.1, 0.15) is 12.0 Å². The van der Waals surface area contributed by atoms with Crippen molar-refractivity contribution < 1.29 is 0 Å². The number of halogens is 1. The molecule has 0 bridgehead atoms. The fourth-order valence-corrected chi connectivity index (χ4v) is 1.47. The third kappa shape index (κ3) is 2.36. The van der Waals surface area contributed by atoms with E-state index in [-0.39, 0.29) is 0 Å². The summed E-state index contributed by atoms with van der Waals surface area (Å²) < 4.78 is 0. The van der Waals surface area contributed by atoms with E-state index in [1.807, 2.05) is 0 Å². The van der Waals surface area contributed by atoms with Crippen LogP contribution in [-0.4, -0.2) is 22.0 Å². The second kappa shape index (κ2) is 4.84. The van der Waals surface area contributed by atoms with Crippen molar-refractivity contribution in [1.29, 1.82) is 0 Å². The zero-order valence-corrected chi connectivity index (χ0v) is 9.86. The molecule has 0 radical (unpaired) electrons. The molecule has 2 rings (SSSR count). The lowest BCUT2D eigenvalue weighted by Gasteiger charge is -2.10. The Morgan fingerprint density at radius 3 is 2.71 bits per heavy atom. The summed E-state index contributed by atoms with van der Waals surface area (Å²) in [6.45, 7) is 0. The van der Waals surface area contributed by atoms with Crippen LogP contribution in [0.3, 0.4) is 0 Å². The molecular formula is C10H11ClN6. The molecule has 0 atom stereocenters. The van der Waals surface area contributed by atoms with Crippen molar-refractivity contribution in [2.75, 3.05) is 23.4 Å². The molecule has 0 aromatic carbocycles. The fraction of sp³-hybridized carbons (Fsp3) is 0.100. The zero-order valence-electron chi connectivity index (χ0n) is 9.11. The number of nitrogen functional groups attached to an aromatic ring is 1. The molecule has 2 heterocycles. The van der Waals surface area contributed by atoms with E-state index in [2.05, 4.69) is 25.6 Å². The number of hydrogen-bond acceptors (Lipinski definition) is 6. The van der Waals surface area contributed by atoms with Crippen molar-refractivity contribution in [2.24, 2.45) is 0 Å². The number of nitrogens with zero attached hydrogens (tertiary/aromatic N) is 3. The lowest BCUT2D eigenvalue weighted by molar-refractivity contribution is 1.16. The smallest absolute Gasteiger partial charge is 0.159 e. The maximum absolute atomic E-state index is 5.93. The van der Waals surface area contributed by atoms with Crippen molar-refractivity contribution >= 4 is 34.6 Å². The summed E-state index contributed by atoms with van der Waals surface area (Å²) in [5, 5.41) is 6.23. The number of rotatable bonds is 3. The Labute approximate surface area is 103 Å². The van der Waals surface area contributed by atoms with Crippen LogP contribution in [0, 0.1) is 0 Å². The third-order valence-electron chi connectivity index (χ3n) is 2.13. The number of pyridine rings is 1. The average Bonchev–Trinajstić information content (AvgIpc) is 2.34. The molecule has 0 amide bonds. The van der Waals surface area contributed by atoms with Gasteiger partial charge < -0.3 is 16.4 Å². The Bertz CT molecular complexity index is 530. The molecular weight excluding hydrogens is 240 g/mol. The normalized spacial score (nSPS) is 10.0. The van der Waals surface area contributed by atoms with E-state index in [4.69, 9.17) is 17.3 Å². The van der Waals surface area contributed by atoms with Gasteiger partial charge in [-0.2, -0.15) is 0 Å². The summed E-state index contributed by atoms with van der Waals surface area (Å²) in [5.74, 6) is 1.04. The first kappa shape index (κ1) is 11.4. The van der Waals surface area contributed by atoms with E-state index >= 15 is 0 Å². The topological polar surface area (TPSA) is 88.8 Å². The molecule has 2 aromatic rings. The molecule has 0 saturated carbocycles. The molecule has 0 aliphatic heterocycles. The Morgan fingerprint density at radius 1 is 1.24 bits per heavy atom. The van der Waals surface area contributed by atoms with Gasteiger partial charge in [-0.1, -0.05) is 11.6 Å². The Kier molecular flexibility index (Phi) is 3.24. The van der Waals surface area contributed by atoms with Crippen LogP contribution in [0.2, 0.25) is 5.15 Å². The highest BCUT2D eigenvalue weighted by atomic mass is 35.5. The molecule has 0 unspecified atom stereocenters. The highest BCUT2D eigenvalue weighted by Crippen LogP contribution is 2.27. The minimum Gasteiger partial charge on any atom is -0.393 e. The predicted molar refractivity (Wildman–Crippen MR) is 68.5 cm³/mol. The lowest BCUT2D eigenvalue weighted by Crippen LogP contribution is -2.05. The molecule has 88 valence electrons. The van der Waals surface area contributed by atoms with Crippen LogP contribution in [0.15, 0.2) is 24.7 Å². The summed E-state index contributed by atoms with van der Waals surface area (Å²) in [6, 6.07) is 3.56. The van der Waals surface area contributed by atoms with Crippen molar-refractivity contribution in [3.8, 4) is 0 Å². The Morgan fingerprint density at radius 2 is 2.00 bits per heavy atom. The minimum absolute atomic E-state index is 0.358. The van der Waals surface area contributed by atoms with Crippen LogP contribution < -0.4 is 16.4 Å². The van der Waals surface area contributed by atoms with Crippen LogP contribution in [-0.2, 0) is 0 Å². The van der Waals surface area contributed by atoms with Gasteiger partial charge in [0.25, 0.3) is 0 Å². The predicted octanol–water partition coefficient (Wildman–Crippen LogP) is 1.89. The summed E-state index contributed by atoms with van der Waals surface area (Å²) in [7, 11) is 1.74. The molecule has 2 aromatic heterocycles. The number of nitrogens with two attached hydrogens (primary N) is 1. The van der Waals surface area contributed by atoms with E-state index < -0.39 is 0 Å². The Balaban J connectivity index is 2.34. The van der Waals surface area contributed by atoms with Crippen molar-refractivity contribution in [1.82, 2.24) is 15.0 Å². The van der Waals surface area contributed by atoms with Crippen LogP contribution >= 0.6 is 11.6 Å². The van der Waals surface area contributed by atoms with E-state index in [1.165, 1.54) is 6.33 Å². The summed E-state index contributed by atoms with van der Waals surface area (Å²) in [4.78, 5) is 12.0. The van der Waals surface area contributed by atoms with Crippen LogP contribution in [0.1, 0.15) is 0 Å². The van der Waals surface area contributed by atoms with Gasteiger partial charge >= 0.3 is 0 Å². The molecule has 6 nitrogen and oxygen atoms in total. The standard InChI is InChI=1S/C10H11ClN6/c1-13-9-7(12)10(16-5-15-9)17-6-3-2-4-14-8(6)11/h2-5H,12H2,1H3,(H2,13,15,16,17). The molecule has 0 aliphatic rings. The van der Waals surface area contributed by atoms with Crippen LogP contribution in [0.4, 0.5) is 23.0 Å². The first-order valence-electron chi connectivity index (χ1n) is 4.88. The number of anilines is 4. The van der Waals surface area contributed by atoms with Crippen LogP contribution in [0.5, 0.6) is 0 Å². The quantitative estimate of drug-likeness (QED) is 0.721. The van der Waals surface area contributed by atoms with E-state index in [1.54, 1.807) is 25.4 Å². The van der Waals surface area contributed by atoms with Gasteiger partial charge in [-0.15, -0.1) is 0 Å². The molecule has 0 fully saturated rings. The second-order valence-corrected chi connectivity index (χ2v) is 3.56. The van der Waals surface area contributed by atoms with Crippen LogP contribution in [0.25, 0.3) is 0 Å². The fourth-order valence-electron chi connectivity index (χ4n) is 1.30. The molecule has 4 N–H and O–H groups in total. The minimum atomic E-state index is 0.358. The largest absolute Gasteiger partial charge is 0.393 e. The highest BCUT2D eigenvalue weighted by Gasteiger charge is 2.08. The number of nitrogens with one attached hydrogen (secondary N) is 2. The molecule has 0 aliphatic carbocycles. The maximum atomic E-state index is 5.93. The molecule has 0 spiro atoms. The summed E-state index contributed by atoms with van der Waals surface area (Å²) in [6.07, 6.45) is 3.02. The van der Waals surface area contributed by atoms with Crippen molar-refractivity contribution in [3.63, 3.8) is 0 Å². The first-order chi connectivity index (χ1) is 8.22. The molecule has 7 heteroatoms. The van der Waals surface area contributed by atoms with E-state index in [0.717, 1.165) is 0 Å². The average molecular weight is 251 g/mol. The van der Waals surface area contributed by atoms with Gasteiger partial charge in [0.2, 0.25) is 0 Å². The number of aromatic nitrogens is 3. The summed E-state index contributed by atoms with van der Waals surface area (Å²) in [5.41, 5.74) is 6.94. The monoisotopic (exact) mass is 250 g/mol. The van der Waals surface area contributed by atoms with Crippen molar-refractivity contribution in [2.45, 2.75) is 0 Å². The van der Waals surface area contributed by atoms with Gasteiger partial charge in [-0.05, 0) is 12.1 Å². The molecule has 0 saturated heterocycles.